The van der Waals surface area contributed by atoms with Gasteiger partial charge in [0, 0.05) is 18.6 Å². The van der Waals surface area contributed by atoms with Crippen LogP contribution < -0.4 is 16.0 Å². The maximum Gasteiger partial charge on any atom is 0.407 e. The average molecular weight is 259 g/mol. The normalized spacial score (nSPS) is 11.7. The maximum atomic E-state index is 11.4. The molecule has 0 radical (unpaired) electrons. The largest absolute Gasteiger partial charge is 0.444 e. The molecule has 0 aliphatic rings. The lowest BCUT2D eigenvalue weighted by molar-refractivity contribution is 0.0528. The molecule has 0 aromatic heterocycles. The molecule has 0 aromatic carbocycles. The van der Waals surface area contributed by atoms with Gasteiger partial charge in [-0.3, -0.25) is 0 Å². The number of amides is 3. The van der Waals surface area contributed by atoms with Crippen molar-refractivity contribution in [3.63, 3.8) is 0 Å². The Morgan fingerprint density at radius 3 is 1.89 bits per heavy atom. The van der Waals surface area contributed by atoms with E-state index in [2.05, 4.69) is 16.0 Å². The molecule has 106 valence electrons. The number of nitrogens with one attached hydrogen (secondary N) is 3. The average Bonchev–Trinajstić information content (AvgIpc) is 2.06. The summed E-state index contributed by atoms with van der Waals surface area (Å²) >= 11 is 0. The molecule has 0 bridgehead atoms. The molecule has 6 heteroatoms. The van der Waals surface area contributed by atoms with Crippen molar-refractivity contribution >= 4 is 12.1 Å². The zero-order chi connectivity index (χ0) is 14.4. The number of rotatable bonds is 3. The van der Waals surface area contributed by atoms with E-state index in [4.69, 9.17) is 4.74 Å². The summed E-state index contributed by atoms with van der Waals surface area (Å²) in [7, 11) is 0. The number of ether oxygens (including phenoxy) is 1. The Kier molecular flexibility index (Phi) is 5.94. The van der Waals surface area contributed by atoms with E-state index in [1.54, 1.807) is 20.8 Å². The molecule has 0 heterocycles. The smallest absolute Gasteiger partial charge is 0.407 e. The summed E-state index contributed by atoms with van der Waals surface area (Å²) < 4.78 is 5.05. The van der Waals surface area contributed by atoms with Gasteiger partial charge in [0.05, 0.1) is 0 Å². The van der Waals surface area contributed by atoms with E-state index in [1.807, 2.05) is 20.8 Å². The summed E-state index contributed by atoms with van der Waals surface area (Å²) in [6.07, 6.45) is -0.486. The second-order valence-electron chi connectivity index (χ2n) is 6.06. The minimum atomic E-state index is -0.513. The SMILES string of the molecule is CC(C)(C)NC(=O)NCCNC(=O)OC(C)(C)C. The third kappa shape index (κ3) is 11.0. The first-order valence-corrected chi connectivity index (χ1v) is 6.02. The highest BCUT2D eigenvalue weighted by Gasteiger charge is 2.16. The lowest BCUT2D eigenvalue weighted by Crippen LogP contribution is -2.48. The Hall–Kier alpha value is -1.46. The number of carbonyl (C=O) groups excluding carboxylic acids is 2. The molecule has 0 atom stereocenters. The van der Waals surface area contributed by atoms with Gasteiger partial charge >= 0.3 is 12.1 Å². The molecule has 18 heavy (non-hydrogen) atoms. The summed E-state index contributed by atoms with van der Waals surface area (Å²) in [6, 6.07) is -0.256. The summed E-state index contributed by atoms with van der Waals surface area (Å²) in [4.78, 5) is 22.6. The number of hydrogen-bond acceptors (Lipinski definition) is 3. The van der Waals surface area contributed by atoms with Crippen molar-refractivity contribution in [2.45, 2.75) is 52.7 Å². The van der Waals surface area contributed by atoms with Gasteiger partial charge in [-0.25, -0.2) is 9.59 Å². The second-order valence-corrected chi connectivity index (χ2v) is 6.06. The minimum Gasteiger partial charge on any atom is -0.444 e. The highest BCUT2D eigenvalue weighted by Crippen LogP contribution is 2.05. The number of urea groups is 1. The van der Waals surface area contributed by atoms with Crippen molar-refractivity contribution in [3.05, 3.63) is 0 Å². The molecule has 0 unspecified atom stereocenters. The van der Waals surface area contributed by atoms with E-state index in [1.165, 1.54) is 0 Å². The Labute approximate surface area is 109 Å². The zero-order valence-corrected chi connectivity index (χ0v) is 12.1. The molecule has 0 saturated heterocycles. The standard InChI is InChI=1S/C12H25N3O3/c1-11(2,3)15-9(16)13-7-8-14-10(17)18-12(4,5)6/h7-8H2,1-6H3,(H,14,17)(H2,13,15,16). The fraction of sp³-hybridized carbons (Fsp3) is 0.833. The number of alkyl carbamates (subject to hydrolysis) is 1. The molecule has 6 nitrogen and oxygen atoms in total. The van der Waals surface area contributed by atoms with Crippen LogP contribution in [0.2, 0.25) is 0 Å². The van der Waals surface area contributed by atoms with Crippen molar-refractivity contribution in [3.8, 4) is 0 Å². The van der Waals surface area contributed by atoms with Gasteiger partial charge < -0.3 is 20.7 Å². The highest BCUT2D eigenvalue weighted by molar-refractivity contribution is 5.74. The van der Waals surface area contributed by atoms with E-state index in [9.17, 15) is 9.59 Å². The third-order valence-corrected chi connectivity index (χ3v) is 1.57. The van der Waals surface area contributed by atoms with Crippen molar-refractivity contribution < 1.29 is 14.3 Å². The highest BCUT2D eigenvalue weighted by atomic mass is 16.6. The first-order valence-electron chi connectivity index (χ1n) is 6.02. The molecule has 3 N–H and O–H groups in total. The predicted molar refractivity (Wildman–Crippen MR) is 70.5 cm³/mol. The van der Waals surface area contributed by atoms with Crippen LogP contribution in [0.25, 0.3) is 0 Å². The van der Waals surface area contributed by atoms with Gasteiger partial charge in [0.1, 0.15) is 5.60 Å². The topological polar surface area (TPSA) is 79.5 Å². The molecule has 0 spiro atoms. The third-order valence-electron chi connectivity index (χ3n) is 1.57. The molecule has 0 aliphatic heterocycles. The van der Waals surface area contributed by atoms with Crippen LogP contribution in [0, 0.1) is 0 Å². The number of hydrogen-bond donors (Lipinski definition) is 3. The fourth-order valence-electron chi connectivity index (χ4n) is 1.04. The van der Waals surface area contributed by atoms with Crippen molar-refractivity contribution in [2.24, 2.45) is 0 Å². The molecule has 3 amide bonds. The fourth-order valence-corrected chi connectivity index (χ4v) is 1.04. The van der Waals surface area contributed by atoms with Gasteiger partial charge in [-0.2, -0.15) is 0 Å². The van der Waals surface area contributed by atoms with Crippen molar-refractivity contribution in [1.29, 1.82) is 0 Å². The maximum absolute atomic E-state index is 11.4. The van der Waals surface area contributed by atoms with E-state index in [0.717, 1.165) is 0 Å². The van der Waals surface area contributed by atoms with Crippen LogP contribution in [0.1, 0.15) is 41.5 Å². The Balaban J connectivity index is 3.69. The van der Waals surface area contributed by atoms with Gasteiger partial charge in [0.2, 0.25) is 0 Å². The molecular formula is C12H25N3O3. The lowest BCUT2D eigenvalue weighted by atomic mass is 10.1. The summed E-state index contributed by atoms with van der Waals surface area (Å²) in [5.74, 6) is 0. The van der Waals surface area contributed by atoms with Crippen LogP contribution in [0.3, 0.4) is 0 Å². The summed E-state index contributed by atoms with van der Waals surface area (Å²) in [6.45, 7) is 11.7. The van der Waals surface area contributed by atoms with E-state index < -0.39 is 11.7 Å². The monoisotopic (exact) mass is 259 g/mol. The quantitative estimate of drug-likeness (QED) is 0.674. The van der Waals surface area contributed by atoms with Crippen LogP contribution >= 0.6 is 0 Å². The molecule has 0 aromatic rings. The molecule has 0 fully saturated rings. The van der Waals surface area contributed by atoms with Crippen molar-refractivity contribution in [2.75, 3.05) is 13.1 Å². The van der Waals surface area contributed by atoms with Gasteiger partial charge in [0.25, 0.3) is 0 Å². The first-order chi connectivity index (χ1) is 7.99. The van der Waals surface area contributed by atoms with Gasteiger partial charge in [0.15, 0.2) is 0 Å². The predicted octanol–water partition coefficient (Wildman–Crippen LogP) is 1.61. The zero-order valence-electron chi connectivity index (χ0n) is 12.1. The van der Waals surface area contributed by atoms with Gasteiger partial charge in [-0.05, 0) is 41.5 Å². The van der Waals surface area contributed by atoms with Crippen LogP contribution in [-0.4, -0.2) is 36.4 Å². The second kappa shape index (κ2) is 6.47. The number of carbonyl (C=O) groups is 2. The van der Waals surface area contributed by atoms with E-state index in [0.29, 0.717) is 13.1 Å². The Morgan fingerprint density at radius 2 is 1.44 bits per heavy atom. The van der Waals surface area contributed by atoms with E-state index >= 15 is 0 Å². The van der Waals surface area contributed by atoms with Gasteiger partial charge in [-0.15, -0.1) is 0 Å². The van der Waals surface area contributed by atoms with E-state index in [-0.39, 0.29) is 11.6 Å². The molecule has 0 rings (SSSR count). The summed E-state index contributed by atoms with van der Waals surface area (Å²) in [5, 5.41) is 7.94. The van der Waals surface area contributed by atoms with Crippen LogP contribution in [0.15, 0.2) is 0 Å². The van der Waals surface area contributed by atoms with Gasteiger partial charge in [-0.1, -0.05) is 0 Å². The molecule has 0 aliphatic carbocycles. The first kappa shape index (κ1) is 16.5. The lowest BCUT2D eigenvalue weighted by Gasteiger charge is -2.21. The Morgan fingerprint density at radius 1 is 0.944 bits per heavy atom. The molecular weight excluding hydrogens is 234 g/mol. The van der Waals surface area contributed by atoms with Crippen molar-refractivity contribution in [1.82, 2.24) is 16.0 Å². The minimum absolute atomic E-state index is 0.256. The van der Waals surface area contributed by atoms with Crippen LogP contribution in [0.5, 0.6) is 0 Å². The van der Waals surface area contributed by atoms with Crippen LogP contribution in [-0.2, 0) is 4.74 Å². The van der Waals surface area contributed by atoms with Crippen LogP contribution in [0.4, 0.5) is 9.59 Å². The molecule has 0 saturated carbocycles. The summed E-state index contributed by atoms with van der Waals surface area (Å²) in [5.41, 5.74) is -0.788. The Bertz CT molecular complexity index is 260.